The van der Waals surface area contributed by atoms with Gasteiger partial charge in [-0.15, -0.1) is 0 Å². The lowest BCUT2D eigenvalue weighted by Gasteiger charge is -2.17. The number of hydrogen-bond acceptors (Lipinski definition) is 3. The highest BCUT2D eigenvalue weighted by Gasteiger charge is 2.13. The molecule has 4 heteroatoms. The second-order valence-corrected chi connectivity index (χ2v) is 5.75. The van der Waals surface area contributed by atoms with Crippen LogP contribution in [0, 0.1) is 0 Å². The van der Waals surface area contributed by atoms with E-state index in [0.717, 1.165) is 57.8 Å². The summed E-state index contributed by atoms with van der Waals surface area (Å²) in [6.45, 7) is 6.55. The summed E-state index contributed by atoms with van der Waals surface area (Å²) in [5, 5.41) is 2.81. The Balaban J connectivity index is 3.73. The van der Waals surface area contributed by atoms with Crippen LogP contribution in [0.2, 0.25) is 0 Å². The minimum Gasteiger partial charge on any atom is -0.446 e. The molecule has 0 aliphatic heterocycles. The molecule has 0 aliphatic carbocycles. The molecule has 0 saturated carbocycles. The van der Waals surface area contributed by atoms with Gasteiger partial charge in [0.15, 0.2) is 0 Å². The molecule has 0 aromatic rings. The monoisotopic (exact) mass is 299 g/mol. The van der Waals surface area contributed by atoms with E-state index in [-0.39, 0.29) is 18.0 Å². The predicted octanol–water partition coefficient (Wildman–Crippen LogP) is 4.61. The molecule has 0 unspecified atom stereocenters. The summed E-state index contributed by atoms with van der Waals surface area (Å²) in [6.07, 6.45) is 9.56. The summed E-state index contributed by atoms with van der Waals surface area (Å²) in [6, 6.07) is 0. The van der Waals surface area contributed by atoms with Crippen LogP contribution in [-0.2, 0) is 9.53 Å². The van der Waals surface area contributed by atoms with E-state index in [1.807, 2.05) is 0 Å². The average Bonchev–Trinajstić information content (AvgIpc) is 2.45. The molecule has 0 heterocycles. The van der Waals surface area contributed by atoms with Crippen LogP contribution in [0.4, 0.5) is 4.79 Å². The van der Waals surface area contributed by atoms with Crippen molar-refractivity contribution in [1.82, 2.24) is 5.32 Å². The molecule has 0 bridgehead atoms. The number of ether oxygens (including phenoxy) is 1. The van der Waals surface area contributed by atoms with Crippen molar-refractivity contribution in [3.63, 3.8) is 0 Å². The second kappa shape index (κ2) is 13.9. The standard InChI is InChI=1S/C17H33NO3/c1-4-6-12-16(13-7-5-2)21-17(20)18-14-10-8-9-11-15(3)19/h16H,4-14H2,1-3H3,(H,18,20). The van der Waals surface area contributed by atoms with Crippen LogP contribution in [0.5, 0.6) is 0 Å². The molecule has 0 rings (SSSR count). The van der Waals surface area contributed by atoms with Crippen molar-refractivity contribution < 1.29 is 14.3 Å². The minimum absolute atomic E-state index is 0.0580. The molecule has 0 aromatic heterocycles. The number of amides is 1. The summed E-state index contributed by atoms with van der Waals surface area (Å²) in [5.74, 6) is 0.233. The number of Topliss-reactive ketones (excluding diaryl/α,β-unsaturated/α-hetero) is 1. The smallest absolute Gasteiger partial charge is 0.407 e. The lowest BCUT2D eigenvalue weighted by atomic mass is 10.1. The van der Waals surface area contributed by atoms with Crippen molar-refractivity contribution in [2.24, 2.45) is 0 Å². The van der Waals surface area contributed by atoms with Gasteiger partial charge in [0, 0.05) is 13.0 Å². The first-order valence-electron chi connectivity index (χ1n) is 8.54. The first-order chi connectivity index (χ1) is 10.1. The van der Waals surface area contributed by atoms with Crippen LogP contribution in [0.25, 0.3) is 0 Å². The molecule has 124 valence electrons. The predicted molar refractivity (Wildman–Crippen MR) is 86.5 cm³/mol. The maximum atomic E-state index is 11.7. The van der Waals surface area contributed by atoms with E-state index in [9.17, 15) is 9.59 Å². The van der Waals surface area contributed by atoms with Gasteiger partial charge in [-0.25, -0.2) is 4.79 Å². The minimum atomic E-state index is -0.293. The normalized spacial score (nSPS) is 10.7. The SMILES string of the molecule is CCCCC(CCCC)OC(=O)NCCCCCC(C)=O. The largest absolute Gasteiger partial charge is 0.446 e. The summed E-state index contributed by atoms with van der Waals surface area (Å²) in [7, 11) is 0. The van der Waals surface area contributed by atoms with Crippen LogP contribution < -0.4 is 5.32 Å². The van der Waals surface area contributed by atoms with Crippen molar-refractivity contribution in [2.75, 3.05) is 6.54 Å². The Morgan fingerprint density at radius 3 is 2.10 bits per heavy atom. The molecule has 0 aliphatic rings. The van der Waals surface area contributed by atoms with Gasteiger partial charge in [-0.3, -0.25) is 0 Å². The molecule has 1 amide bonds. The molecule has 0 atom stereocenters. The molecule has 0 radical (unpaired) electrons. The lowest BCUT2D eigenvalue weighted by molar-refractivity contribution is -0.117. The zero-order valence-corrected chi connectivity index (χ0v) is 14.1. The van der Waals surface area contributed by atoms with Crippen LogP contribution >= 0.6 is 0 Å². The van der Waals surface area contributed by atoms with Crippen LogP contribution in [-0.4, -0.2) is 24.5 Å². The summed E-state index contributed by atoms with van der Waals surface area (Å²) in [4.78, 5) is 22.5. The molecular formula is C17H33NO3. The van der Waals surface area contributed by atoms with Gasteiger partial charge in [-0.1, -0.05) is 46.0 Å². The highest BCUT2D eigenvalue weighted by Crippen LogP contribution is 2.12. The number of carbonyl (C=O) groups excluding carboxylic acids is 2. The Bertz CT molecular complexity index is 271. The van der Waals surface area contributed by atoms with Crippen molar-refractivity contribution in [3.8, 4) is 0 Å². The van der Waals surface area contributed by atoms with Crippen LogP contribution in [0.15, 0.2) is 0 Å². The molecule has 0 saturated heterocycles. The number of ketones is 1. The fraction of sp³-hybridized carbons (Fsp3) is 0.882. The Hall–Kier alpha value is -1.06. The number of unbranched alkanes of at least 4 members (excludes halogenated alkanes) is 4. The van der Waals surface area contributed by atoms with Gasteiger partial charge in [-0.05, 0) is 32.6 Å². The van der Waals surface area contributed by atoms with E-state index >= 15 is 0 Å². The van der Waals surface area contributed by atoms with E-state index in [0.29, 0.717) is 13.0 Å². The second-order valence-electron chi connectivity index (χ2n) is 5.75. The highest BCUT2D eigenvalue weighted by molar-refractivity contribution is 5.75. The molecule has 0 aromatic carbocycles. The number of carbonyl (C=O) groups is 2. The topological polar surface area (TPSA) is 55.4 Å². The fourth-order valence-corrected chi connectivity index (χ4v) is 2.18. The third kappa shape index (κ3) is 13.7. The van der Waals surface area contributed by atoms with Gasteiger partial charge >= 0.3 is 6.09 Å². The van der Waals surface area contributed by atoms with Crippen molar-refractivity contribution in [3.05, 3.63) is 0 Å². The fourth-order valence-electron chi connectivity index (χ4n) is 2.18. The summed E-state index contributed by atoms with van der Waals surface area (Å²) >= 11 is 0. The van der Waals surface area contributed by atoms with Crippen LogP contribution in [0.3, 0.4) is 0 Å². The molecule has 21 heavy (non-hydrogen) atoms. The third-order valence-electron chi connectivity index (χ3n) is 3.51. The van der Waals surface area contributed by atoms with Gasteiger partial charge in [0.05, 0.1) is 0 Å². The van der Waals surface area contributed by atoms with Crippen LogP contribution in [0.1, 0.15) is 85.0 Å². The van der Waals surface area contributed by atoms with Gasteiger partial charge < -0.3 is 14.8 Å². The molecule has 4 nitrogen and oxygen atoms in total. The van der Waals surface area contributed by atoms with E-state index in [4.69, 9.17) is 4.74 Å². The highest BCUT2D eigenvalue weighted by atomic mass is 16.6. The van der Waals surface area contributed by atoms with Gasteiger partial charge in [-0.2, -0.15) is 0 Å². The Morgan fingerprint density at radius 2 is 1.57 bits per heavy atom. The zero-order valence-electron chi connectivity index (χ0n) is 14.1. The summed E-state index contributed by atoms with van der Waals surface area (Å²) < 4.78 is 5.50. The van der Waals surface area contributed by atoms with Crippen molar-refractivity contribution in [1.29, 1.82) is 0 Å². The Kier molecular flexibility index (Phi) is 13.2. The quantitative estimate of drug-likeness (QED) is 0.505. The molecule has 0 fully saturated rings. The number of hydrogen-bond donors (Lipinski definition) is 1. The van der Waals surface area contributed by atoms with Crippen molar-refractivity contribution in [2.45, 2.75) is 91.1 Å². The third-order valence-corrected chi connectivity index (χ3v) is 3.51. The Morgan fingerprint density at radius 1 is 0.952 bits per heavy atom. The molecule has 0 spiro atoms. The van der Waals surface area contributed by atoms with Gasteiger partial charge in [0.1, 0.15) is 11.9 Å². The van der Waals surface area contributed by atoms with E-state index < -0.39 is 0 Å². The van der Waals surface area contributed by atoms with E-state index in [2.05, 4.69) is 19.2 Å². The number of nitrogens with one attached hydrogen (secondary N) is 1. The first-order valence-corrected chi connectivity index (χ1v) is 8.54. The molecule has 1 N–H and O–H groups in total. The maximum Gasteiger partial charge on any atom is 0.407 e. The average molecular weight is 299 g/mol. The van der Waals surface area contributed by atoms with Gasteiger partial charge in [0.25, 0.3) is 0 Å². The Labute approximate surface area is 130 Å². The van der Waals surface area contributed by atoms with E-state index in [1.165, 1.54) is 0 Å². The summed E-state index contributed by atoms with van der Waals surface area (Å²) in [5.41, 5.74) is 0. The maximum absolute atomic E-state index is 11.7. The zero-order chi connectivity index (χ0) is 15.9. The molecular weight excluding hydrogens is 266 g/mol. The van der Waals surface area contributed by atoms with Crippen molar-refractivity contribution >= 4 is 11.9 Å². The lowest BCUT2D eigenvalue weighted by Crippen LogP contribution is -2.29. The number of rotatable bonds is 13. The first kappa shape index (κ1) is 19.9. The number of alkyl carbamates (subject to hydrolysis) is 1. The van der Waals surface area contributed by atoms with Gasteiger partial charge in [0.2, 0.25) is 0 Å². The van der Waals surface area contributed by atoms with E-state index in [1.54, 1.807) is 6.92 Å².